The van der Waals surface area contributed by atoms with Gasteiger partial charge in [-0.3, -0.25) is 0 Å². The summed E-state index contributed by atoms with van der Waals surface area (Å²) in [4.78, 5) is 17.9. The summed E-state index contributed by atoms with van der Waals surface area (Å²) in [6, 6.07) is 12.2. The van der Waals surface area contributed by atoms with Crippen LogP contribution >= 0.6 is 0 Å². The second-order valence-electron chi connectivity index (χ2n) is 7.16. The highest BCUT2D eigenvalue weighted by molar-refractivity contribution is 5.98. The first-order valence-electron chi connectivity index (χ1n) is 9.41. The molecule has 144 valence electrons. The molecular formula is C21H23N5O2. The van der Waals surface area contributed by atoms with Gasteiger partial charge in [0.2, 0.25) is 0 Å². The molecule has 1 heterocycles. The van der Waals surface area contributed by atoms with Crippen LogP contribution in [0.5, 0.6) is 0 Å². The van der Waals surface area contributed by atoms with Crippen molar-refractivity contribution in [2.24, 2.45) is 12.2 Å². The second-order valence-corrected chi connectivity index (χ2v) is 7.16. The third kappa shape index (κ3) is 3.35. The van der Waals surface area contributed by atoms with E-state index < -0.39 is 0 Å². The third-order valence-corrected chi connectivity index (χ3v) is 5.26. The van der Waals surface area contributed by atoms with Gasteiger partial charge in [-0.25, -0.2) is 4.79 Å². The Balaban J connectivity index is 1.56. The van der Waals surface area contributed by atoms with E-state index in [-0.39, 0.29) is 12.3 Å². The third-order valence-electron chi connectivity index (χ3n) is 5.26. The van der Waals surface area contributed by atoms with E-state index in [0.717, 1.165) is 28.8 Å². The van der Waals surface area contributed by atoms with Crippen molar-refractivity contribution in [2.75, 3.05) is 0 Å². The van der Waals surface area contributed by atoms with Crippen LogP contribution in [0.2, 0.25) is 0 Å². The van der Waals surface area contributed by atoms with E-state index >= 15 is 0 Å². The number of fused-ring (bicyclic) bond motifs is 1. The molecule has 7 nitrogen and oxygen atoms in total. The van der Waals surface area contributed by atoms with Gasteiger partial charge in [0.05, 0.1) is 11.4 Å². The van der Waals surface area contributed by atoms with E-state index in [1.807, 2.05) is 32.0 Å². The predicted molar refractivity (Wildman–Crippen MR) is 107 cm³/mol. The number of rotatable bonds is 5. The van der Waals surface area contributed by atoms with Crippen LogP contribution in [0.1, 0.15) is 41.2 Å². The van der Waals surface area contributed by atoms with Gasteiger partial charge in [0.1, 0.15) is 6.61 Å². The van der Waals surface area contributed by atoms with Crippen LogP contribution in [-0.4, -0.2) is 25.5 Å². The lowest BCUT2D eigenvalue weighted by Crippen LogP contribution is -2.23. The average molecular weight is 377 g/mol. The molecule has 28 heavy (non-hydrogen) atoms. The summed E-state index contributed by atoms with van der Waals surface area (Å²) in [5.74, 6) is 0. The molecule has 1 aliphatic carbocycles. The summed E-state index contributed by atoms with van der Waals surface area (Å²) >= 11 is 0. The molecule has 0 spiro atoms. The number of hydrogen-bond acceptors (Lipinski definition) is 5. The molecule has 0 N–H and O–H groups in total. The molecule has 1 aliphatic rings. The number of aromatic nitrogens is 4. The summed E-state index contributed by atoms with van der Waals surface area (Å²) in [6.45, 7) is 4.16. The van der Waals surface area contributed by atoms with Crippen molar-refractivity contribution < 1.29 is 4.84 Å². The van der Waals surface area contributed by atoms with Crippen molar-refractivity contribution >= 4 is 5.71 Å². The van der Waals surface area contributed by atoms with Crippen molar-refractivity contribution in [3.63, 3.8) is 0 Å². The predicted octanol–water partition coefficient (Wildman–Crippen LogP) is 2.70. The molecule has 0 fully saturated rings. The number of benzene rings is 2. The zero-order chi connectivity index (χ0) is 19.7. The Morgan fingerprint density at radius 1 is 1.18 bits per heavy atom. The molecule has 0 aliphatic heterocycles. The fourth-order valence-electron chi connectivity index (χ4n) is 3.58. The van der Waals surface area contributed by atoms with E-state index in [9.17, 15) is 4.79 Å². The number of nitrogens with zero attached hydrogens (tertiary/aromatic N) is 5. The first kappa shape index (κ1) is 18.2. The molecule has 3 aromatic rings. The zero-order valence-electron chi connectivity index (χ0n) is 16.3. The second kappa shape index (κ2) is 7.42. The molecular weight excluding hydrogens is 354 g/mol. The van der Waals surface area contributed by atoms with Crippen LogP contribution in [0, 0.1) is 6.92 Å². The molecule has 0 saturated heterocycles. The van der Waals surface area contributed by atoms with Crippen LogP contribution in [0.15, 0.2) is 46.3 Å². The largest absolute Gasteiger partial charge is 0.391 e. The molecule has 0 saturated carbocycles. The van der Waals surface area contributed by atoms with E-state index in [1.165, 1.54) is 33.3 Å². The number of tetrazole rings is 1. The molecule has 0 radical (unpaired) electrons. The summed E-state index contributed by atoms with van der Waals surface area (Å²) < 4.78 is 2.48. The highest BCUT2D eigenvalue weighted by atomic mass is 16.6. The van der Waals surface area contributed by atoms with E-state index in [0.29, 0.717) is 5.69 Å². The first-order valence-corrected chi connectivity index (χ1v) is 9.41. The zero-order valence-corrected chi connectivity index (χ0v) is 16.3. The molecule has 2 aromatic carbocycles. The van der Waals surface area contributed by atoms with Crippen LogP contribution in [-0.2, 0) is 31.3 Å². The summed E-state index contributed by atoms with van der Waals surface area (Å²) in [5.41, 5.74) is 6.98. The number of oxime groups is 1. The van der Waals surface area contributed by atoms with Crippen LogP contribution in [0.4, 0.5) is 0 Å². The topological polar surface area (TPSA) is 74.3 Å². The van der Waals surface area contributed by atoms with Gasteiger partial charge in [0.15, 0.2) is 0 Å². The first-order chi connectivity index (χ1) is 13.5. The Hall–Kier alpha value is -3.22. The van der Waals surface area contributed by atoms with Gasteiger partial charge < -0.3 is 4.84 Å². The molecule has 0 atom stereocenters. The van der Waals surface area contributed by atoms with E-state index in [4.69, 9.17) is 4.84 Å². The van der Waals surface area contributed by atoms with Crippen molar-refractivity contribution in [3.8, 4) is 5.69 Å². The minimum absolute atomic E-state index is 0.243. The minimum atomic E-state index is -0.301. The van der Waals surface area contributed by atoms with Crippen molar-refractivity contribution in [3.05, 3.63) is 74.7 Å². The summed E-state index contributed by atoms with van der Waals surface area (Å²) in [5, 5.41) is 12.0. The van der Waals surface area contributed by atoms with Gasteiger partial charge in [0, 0.05) is 12.6 Å². The van der Waals surface area contributed by atoms with Crippen LogP contribution in [0.3, 0.4) is 0 Å². The molecule has 7 heteroatoms. The minimum Gasteiger partial charge on any atom is -0.391 e. The molecule has 4 rings (SSSR count). The van der Waals surface area contributed by atoms with Crippen molar-refractivity contribution in [1.82, 2.24) is 19.8 Å². The van der Waals surface area contributed by atoms with E-state index in [2.05, 4.69) is 33.8 Å². The highest BCUT2D eigenvalue weighted by Gasteiger charge is 2.14. The van der Waals surface area contributed by atoms with Gasteiger partial charge in [0.25, 0.3) is 0 Å². The fraction of sp³-hybridized carbons (Fsp3) is 0.333. The quantitative estimate of drug-likeness (QED) is 0.506. The van der Waals surface area contributed by atoms with Crippen LogP contribution in [0.25, 0.3) is 5.69 Å². The van der Waals surface area contributed by atoms with E-state index in [1.54, 1.807) is 7.05 Å². The van der Waals surface area contributed by atoms with Crippen molar-refractivity contribution in [2.45, 2.75) is 39.7 Å². The lowest BCUT2D eigenvalue weighted by Gasteiger charge is -2.11. The fourth-order valence-corrected chi connectivity index (χ4v) is 3.58. The molecule has 0 unspecified atom stereocenters. The Bertz CT molecular complexity index is 1110. The SMILES string of the molecule is CC(=NOCc1c(C)cccc1-n1nnn(C)c1=O)c1ccc2c(c1)CCC2. The smallest absolute Gasteiger partial charge is 0.368 e. The maximum Gasteiger partial charge on any atom is 0.368 e. The maximum absolute atomic E-state index is 12.2. The number of hydrogen-bond donors (Lipinski definition) is 0. The van der Waals surface area contributed by atoms with Gasteiger partial charge in [-0.05, 0) is 77.9 Å². The van der Waals surface area contributed by atoms with Crippen molar-refractivity contribution in [1.29, 1.82) is 0 Å². The van der Waals surface area contributed by atoms with Gasteiger partial charge in [-0.2, -0.15) is 9.36 Å². The maximum atomic E-state index is 12.2. The Kier molecular flexibility index (Phi) is 4.81. The Labute approximate surface area is 163 Å². The van der Waals surface area contributed by atoms with Gasteiger partial charge in [-0.1, -0.05) is 29.4 Å². The monoisotopic (exact) mass is 377 g/mol. The molecule has 0 bridgehead atoms. The summed E-state index contributed by atoms with van der Waals surface area (Å²) in [6.07, 6.45) is 3.53. The Morgan fingerprint density at radius 3 is 2.79 bits per heavy atom. The normalized spacial score (nSPS) is 13.6. The lowest BCUT2D eigenvalue weighted by molar-refractivity contribution is 0.130. The molecule has 1 aromatic heterocycles. The average Bonchev–Trinajstić information content (AvgIpc) is 3.29. The number of aryl methyl sites for hydroxylation is 4. The molecule has 0 amide bonds. The standard InChI is InChI=1S/C21H23N5O2/c1-14-6-4-9-20(26-21(27)25(3)23-24-26)19(14)13-28-22-15(2)17-11-10-16-7-5-8-18(16)12-17/h4,6,9-12H,5,7-8,13H2,1-3H3. The lowest BCUT2D eigenvalue weighted by atomic mass is 10.0. The Morgan fingerprint density at radius 2 is 2.00 bits per heavy atom. The highest BCUT2D eigenvalue weighted by Crippen LogP contribution is 2.23. The van der Waals surface area contributed by atoms with Gasteiger partial charge in [-0.15, -0.1) is 0 Å². The summed E-state index contributed by atoms with van der Waals surface area (Å²) in [7, 11) is 1.57. The van der Waals surface area contributed by atoms with Crippen LogP contribution < -0.4 is 5.69 Å². The van der Waals surface area contributed by atoms with Gasteiger partial charge >= 0.3 is 5.69 Å².